The number of hydrogen-bond donors (Lipinski definition) is 0. The van der Waals surface area contributed by atoms with Crippen molar-refractivity contribution in [1.29, 1.82) is 0 Å². The van der Waals surface area contributed by atoms with E-state index in [4.69, 9.17) is 4.18 Å². The van der Waals surface area contributed by atoms with Gasteiger partial charge in [0.15, 0.2) is 0 Å². The molecule has 1 aromatic rings. The van der Waals surface area contributed by atoms with Gasteiger partial charge in [-0.25, -0.2) is 4.57 Å². The Balaban J connectivity index is 1.71. The van der Waals surface area contributed by atoms with Crippen molar-refractivity contribution in [1.82, 2.24) is 14.5 Å². The number of aromatic nitrogens is 2. The van der Waals surface area contributed by atoms with Crippen LogP contribution in [-0.2, 0) is 20.8 Å². The van der Waals surface area contributed by atoms with Gasteiger partial charge >= 0.3 is 5.95 Å². The van der Waals surface area contributed by atoms with E-state index < -0.39 is 15.0 Å². The summed E-state index contributed by atoms with van der Waals surface area (Å²) in [6, 6.07) is 0. The number of nitro groups is 1. The van der Waals surface area contributed by atoms with Crippen LogP contribution in [0.2, 0.25) is 0 Å². The smallest absolute Gasteiger partial charge is 0.390 e. The highest BCUT2D eigenvalue weighted by Gasteiger charge is 2.23. The van der Waals surface area contributed by atoms with E-state index in [9.17, 15) is 18.5 Å². The molecule has 124 valence electrons. The first-order valence-corrected chi connectivity index (χ1v) is 8.93. The van der Waals surface area contributed by atoms with Crippen LogP contribution in [0.3, 0.4) is 0 Å². The molecule has 0 amide bonds. The van der Waals surface area contributed by atoms with Gasteiger partial charge in [0.2, 0.25) is 0 Å². The van der Waals surface area contributed by atoms with Crippen molar-refractivity contribution in [2.45, 2.75) is 31.9 Å². The molecule has 2 rings (SSSR count). The Morgan fingerprint density at radius 1 is 1.41 bits per heavy atom. The van der Waals surface area contributed by atoms with Crippen molar-refractivity contribution in [2.75, 3.05) is 25.9 Å². The van der Waals surface area contributed by atoms with Gasteiger partial charge in [-0.05, 0) is 24.2 Å². The fourth-order valence-corrected chi connectivity index (χ4v) is 3.28. The summed E-state index contributed by atoms with van der Waals surface area (Å²) in [6.45, 7) is 2.88. The standard InChI is InChI=1S/C12H20N4O5S/c1-22(19,20)21-11-3-8-14(9-4-11)6-2-7-15-10-5-13-12(15)16(17)18/h5,10-11H,2-4,6-9H2,1H3. The Bertz CT molecular complexity index is 607. The van der Waals surface area contributed by atoms with Gasteiger partial charge in [-0.15, -0.1) is 0 Å². The fourth-order valence-electron chi connectivity index (χ4n) is 2.59. The van der Waals surface area contributed by atoms with E-state index in [2.05, 4.69) is 9.88 Å². The molecule has 0 unspecified atom stereocenters. The van der Waals surface area contributed by atoms with Crippen molar-refractivity contribution < 1.29 is 17.5 Å². The molecule has 9 nitrogen and oxygen atoms in total. The minimum Gasteiger partial charge on any atom is -0.390 e. The molecule has 1 aromatic heterocycles. The van der Waals surface area contributed by atoms with E-state index in [1.54, 1.807) is 6.20 Å². The number of likely N-dealkylation sites (tertiary alicyclic amines) is 1. The molecule has 22 heavy (non-hydrogen) atoms. The third-order valence-electron chi connectivity index (χ3n) is 3.58. The average molecular weight is 332 g/mol. The molecule has 10 heteroatoms. The van der Waals surface area contributed by atoms with Gasteiger partial charge in [-0.1, -0.05) is 4.98 Å². The minimum atomic E-state index is -3.39. The zero-order valence-corrected chi connectivity index (χ0v) is 13.2. The Labute approximate surface area is 129 Å². The third-order valence-corrected chi connectivity index (χ3v) is 4.20. The maximum absolute atomic E-state index is 11.1. The second kappa shape index (κ2) is 7.16. The summed E-state index contributed by atoms with van der Waals surface area (Å²) in [5.41, 5.74) is 0. The molecule has 1 fully saturated rings. The first-order chi connectivity index (χ1) is 10.3. The predicted molar refractivity (Wildman–Crippen MR) is 78.9 cm³/mol. The number of aryl methyl sites for hydroxylation is 1. The molecular weight excluding hydrogens is 312 g/mol. The predicted octanol–water partition coefficient (Wildman–Crippen LogP) is 0.622. The molecule has 0 N–H and O–H groups in total. The van der Waals surface area contributed by atoms with Crippen LogP contribution in [-0.4, -0.2) is 59.8 Å². The SMILES string of the molecule is CS(=O)(=O)OC1CCN(CCCn2ccnc2[N+](=O)[O-])CC1. The summed E-state index contributed by atoms with van der Waals surface area (Å²) < 4.78 is 28.7. The quantitative estimate of drug-likeness (QED) is 0.409. The van der Waals surface area contributed by atoms with Gasteiger partial charge < -0.3 is 15.0 Å². The zero-order chi connectivity index (χ0) is 16.2. The Hall–Kier alpha value is -1.52. The van der Waals surface area contributed by atoms with Crippen LogP contribution in [0.1, 0.15) is 19.3 Å². The number of imidazole rings is 1. The summed E-state index contributed by atoms with van der Waals surface area (Å²) in [4.78, 5) is 16.2. The lowest BCUT2D eigenvalue weighted by atomic mass is 10.1. The van der Waals surface area contributed by atoms with Gasteiger partial charge in [0.1, 0.15) is 12.4 Å². The van der Waals surface area contributed by atoms with Gasteiger partial charge in [0.25, 0.3) is 10.1 Å². The van der Waals surface area contributed by atoms with Crippen LogP contribution in [0.25, 0.3) is 0 Å². The second-order valence-corrected chi connectivity index (χ2v) is 6.97. The topological polar surface area (TPSA) is 108 Å². The van der Waals surface area contributed by atoms with Crippen molar-refractivity contribution in [2.24, 2.45) is 0 Å². The number of piperidine rings is 1. The molecule has 1 aliphatic heterocycles. The van der Waals surface area contributed by atoms with E-state index >= 15 is 0 Å². The third kappa shape index (κ3) is 5.04. The fraction of sp³-hybridized carbons (Fsp3) is 0.750. The van der Waals surface area contributed by atoms with E-state index in [1.165, 1.54) is 10.8 Å². The first kappa shape index (κ1) is 16.8. The minimum absolute atomic E-state index is 0.139. The van der Waals surface area contributed by atoms with Crippen LogP contribution < -0.4 is 0 Å². The van der Waals surface area contributed by atoms with Gasteiger partial charge in [0.05, 0.1) is 18.9 Å². The number of rotatable bonds is 7. The van der Waals surface area contributed by atoms with Crippen LogP contribution >= 0.6 is 0 Å². The Morgan fingerprint density at radius 2 is 2.09 bits per heavy atom. The van der Waals surface area contributed by atoms with Gasteiger partial charge in [0, 0.05) is 19.6 Å². The van der Waals surface area contributed by atoms with Crippen molar-refractivity contribution in [3.63, 3.8) is 0 Å². The summed E-state index contributed by atoms with van der Waals surface area (Å²) in [5.74, 6) is -0.139. The first-order valence-electron chi connectivity index (χ1n) is 7.11. The van der Waals surface area contributed by atoms with Crippen molar-refractivity contribution in [3.05, 3.63) is 22.5 Å². The average Bonchev–Trinajstić information content (AvgIpc) is 2.88. The molecule has 0 saturated carbocycles. The maximum atomic E-state index is 11.1. The van der Waals surface area contributed by atoms with Crippen LogP contribution in [0.4, 0.5) is 5.95 Å². The van der Waals surface area contributed by atoms with E-state index in [0.29, 0.717) is 19.4 Å². The molecule has 0 aliphatic carbocycles. The zero-order valence-electron chi connectivity index (χ0n) is 12.4. The second-order valence-electron chi connectivity index (χ2n) is 5.37. The summed E-state index contributed by atoms with van der Waals surface area (Å²) in [6.07, 6.45) is 5.99. The summed E-state index contributed by atoms with van der Waals surface area (Å²) in [5, 5.41) is 10.7. The normalized spacial score (nSPS) is 17.7. The molecule has 1 aliphatic rings. The van der Waals surface area contributed by atoms with Crippen LogP contribution in [0, 0.1) is 10.1 Å². The Morgan fingerprint density at radius 3 is 2.68 bits per heavy atom. The molecule has 0 aromatic carbocycles. The summed E-state index contributed by atoms with van der Waals surface area (Å²) in [7, 11) is -3.39. The van der Waals surface area contributed by atoms with E-state index in [1.807, 2.05) is 0 Å². The van der Waals surface area contributed by atoms with Crippen LogP contribution in [0.15, 0.2) is 12.4 Å². The highest BCUT2D eigenvalue weighted by molar-refractivity contribution is 7.86. The van der Waals surface area contributed by atoms with Crippen molar-refractivity contribution >= 4 is 16.1 Å². The lowest BCUT2D eigenvalue weighted by molar-refractivity contribution is -0.396. The van der Waals surface area contributed by atoms with E-state index in [-0.39, 0.29) is 12.1 Å². The van der Waals surface area contributed by atoms with Gasteiger partial charge in [-0.2, -0.15) is 8.42 Å². The van der Waals surface area contributed by atoms with Crippen molar-refractivity contribution in [3.8, 4) is 0 Å². The molecule has 0 radical (unpaired) electrons. The lowest BCUT2D eigenvalue weighted by Gasteiger charge is -2.30. The molecule has 2 heterocycles. The largest absolute Gasteiger partial charge is 0.434 e. The highest BCUT2D eigenvalue weighted by Crippen LogP contribution is 2.16. The molecule has 0 spiro atoms. The monoisotopic (exact) mass is 332 g/mol. The number of nitrogens with zero attached hydrogens (tertiary/aromatic N) is 4. The summed E-state index contributed by atoms with van der Waals surface area (Å²) >= 11 is 0. The molecule has 1 saturated heterocycles. The van der Waals surface area contributed by atoms with E-state index in [0.717, 1.165) is 32.3 Å². The highest BCUT2D eigenvalue weighted by atomic mass is 32.2. The maximum Gasteiger partial charge on any atom is 0.434 e. The Kier molecular flexibility index (Phi) is 5.48. The molecular formula is C12H20N4O5S. The van der Waals surface area contributed by atoms with Crippen LogP contribution in [0.5, 0.6) is 0 Å². The molecule has 0 bridgehead atoms. The molecule has 0 atom stereocenters. The van der Waals surface area contributed by atoms with Gasteiger partial charge in [-0.3, -0.25) is 4.18 Å². The number of hydrogen-bond acceptors (Lipinski definition) is 7. The lowest BCUT2D eigenvalue weighted by Crippen LogP contribution is -2.38.